The van der Waals surface area contributed by atoms with Gasteiger partial charge in [0.05, 0.1) is 6.04 Å². The fourth-order valence-electron chi connectivity index (χ4n) is 3.32. The Bertz CT molecular complexity index is 599. The van der Waals surface area contributed by atoms with Crippen molar-refractivity contribution in [2.24, 2.45) is 0 Å². The van der Waals surface area contributed by atoms with E-state index in [1.54, 1.807) is 0 Å². The average molecular weight is 373 g/mol. The molecular weight excluding hydrogens is 348 g/mol. The molecule has 0 saturated carbocycles. The summed E-state index contributed by atoms with van der Waals surface area (Å²) in [7, 11) is 0. The van der Waals surface area contributed by atoms with E-state index in [1.165, 1.54) is 23.1 Å². The summed E-state index contributed by atoms with van der Waals surface area (Å²) in [6.07, 6.45) is 2.30. The Morgan fingerprint density at radius 3 is 2.26 bits per heavy atom. The third-order valence-electron chi connectivity index (χ3n) is 4.63. The van der Waals surface area contributed by atoms with Gasteiger partial charge in [0.25, 0.3) is 0 Å². The lowest BCUT2D eigenvalue weighted by Crippen LogP contribution is -2.33. The summed E-state index contributed by atoms with van der Waals surface area (Å²) in [4.78, 5) is 2.62. The smallest absolute Gasteiger partial charge is 0.0602 e. The third-order valence-corrected chi connectivity index (χ3v) is 5.16. The summed E-state index contributed by atoms with van der Waals surface area (Å²) in [6.45, 7) is 6.64. The van der Waals surface area contributed by atoms with Gasteiger partial charge < -0.3 is 5.32 Å². The van der Waals surface area contributed by atoms with Gasteiger partial charge in [0, 0.05) is 24.1 Å². The second-order valence-electron chi connectivity index (χ2n) is 6.19. The topological polar surface area (TPSA) is 15.3 Å². The van der Waals surface area contributed by atoms with Crippen molar-refractivity contribution in [2.75, 3.05) is 26.2 Å². The van der Waals surface area contributed by atoms with Crippen LogP contribution in [0.25, 0.3) is 0 Å². The van der Waals surface area contributed by atoms with Crippen LogP contribution in [0.2, 0.25) is 0 Å². The molecule has 0 amide bonds. The van der Waals surface area contributed by atoms with Gasteiger partial charge in [-0.1, -0.05) is 59.3 Å². The lowest BCUT2D eigenvalue weighted by molar-refractivity contribution is 0.241. The molecule has 23 heavy (non-hydrogen) atoms. The molecule has 1 fully saturated rings. The zero-order valence-corrected chi connectivity index (χ0v) is 15.3. The maximum atomic E-state index is 3.55. The van der Waals surface area contributed by atoms with Crippen molar-refractivity contribution in [3.8, 4) is 0 Å². The monoisotopic (exact) mass is 372 g/mol. The Labute approximate surface area is 148 Å². The molecule has 1 heterocycles. The second-order valence-corrected chi connectivity index (χ2v) is 7.10. The van der Waals surface area contributed by atoms with Crippen LogP contribution in [0.5, 0.6) is 0 Å². The number of nitrogens with zero attached hydrogens (tertiary/aromatic N) is 1. The molecule has 3 heteroatoms. The van der Waals surface area contributed by atoms with Gasteiger partial charge in [-0.15, -0.1) is 0 Å². The molecular formula is C20H25BrN2. The lowest BCUT2D eigenvalue weighted by Gasteiger charge is -2.31. The molecule has 2 aromatic rings. The van der Waals surface area contributed by atoms with Gasteiger partial charge in [-0.05, 0) is 48.2 Å². The number of halogens is 1. The van der Waals surface area contributed by atoms with Gasteiger partial charge in [0.1, 0.15) is 0 Å². The van der Waals surface area contributed by atoms with Crippen LogP contribution >= 0.6 is 15.9 Å². The van der Waals surface area contributed by atoms with E-state index in [1.807, 2.05) is 0 Å². The van der Waals surface area contributed by atoms with Crippen LogP contribution in [0, 0.1) is 0 Å². The predicted molar refractivity (Wildman–Crippen MR) is 101 cm³/mol. The normalized spacial score (nSPS) is 17.7. The zero-order chi connectivity index (χ0) is 16.1. The Balaban J connectivity index is 1.95. The summed E-state index contributed by atoms with van der Waals surface area (Å²) in [5.74, 6) is 0. The molecule has 2 aromatic carbocycles. The number of aryl methyl sites for hydroxylation is 1. The minimum atomic E-state index is 0.342. The molecule has 0 radical (unpaired) electrons. The third kappa shape index (κ3) is 4.23. The first-order chi connectivity index (χ1) is 11.3. The highest BCUT2D eigenvalue weighted by molar-refractivity contribution is 9.10. The number of hydrogen-bond donors (Lipinski definition) is 1. The Morgan fingerprint density at radius 1 is 0.957 bits per heavy atom. The quantitative estimate of drug-likeness (QED) is 0.855. The Kier molecular flexibility index (Phi) is 5.87. The van der Waals surface area contributed by atoms with Crippen LogP contribution in [0.1, 0.15) is 36.1 Å². The van der Waals surface area contributed by atoms with Gasteiger partial charge in [-0.25, -0.2) is 0 Å². The average Bonchev–Trinajstić information content (AvgIpc) is 2.87. The minimum Gasteiger partial charge on any atom is -0.315 e. The van der Waals surface area contributed by atoms with Gasteiger partial charge in [0.15, 0.2) is 0 Å². The van der Waals surface area contributed by atoms with Crippen molar-refractivity contribution in [1.82, 2.24) is 10.2 Å². The van der Waals surface area contributed by atoms with Gasteiger partial charge in [-0.3, -0.25) is 4.90 Å². The van der Waals surface area contributed by atoms with Crippen molar-refractivity contribution in [3.63, 3.8) is 0 Å². The first-order valence-corrected chi connectivity index (χ1v) is 9.36. The molecule has 122 valence electrons. The second kappa shape index (κ2) is 8.09. The largest absolute Gasteiger partial charge is 0.315 e. The van der Waals surface area contributed by atoms with Crippen LogP contribution in [0.3, 0.4) is 0 Å². The number of nitrogens with one attached hydrogen (secondary N) is 1. The molecule has 1 atom stereocenters. The highest BCUT2D eigenvalue weighted by Crippen LogP contribution is 2.30. The first kappa shape index (κ1) is 16.7. The first-order valence-electron chi connectivity index (χ1n) is 8.57. The molecule has 3 rings (SSSR count). The number of rotatable bonds is 4. The number of benzene rings is 2. The summed E-state index contributed by atoms with van der Waals surface area (Å²) in [6, 6.07) is 18.3. The Morgan fingerprint density at radius 2 is 1.61 bits per heavy atom. The van der Waals surface area contributed by atoms with Crippen LogP contribution in [0.4, 0.5) is 0 Å². The van der Waals surface area contributed by atoms with Gasteiger partial charge in [-0.2, -0.15) is 0 Å². The van der Waals surface area contributed by atoms with Crippen LogP contribution in [0.15, 0.2) is 53.0 Å². The van der Waals surface area contributed by atoms with E-state index in [0.29, 0.717) is 6.04 Å². The maximum absolute atomic E-state index is 3.55. The van der Waals surface area contributed by atoms with Gasteiger partial charge >= 0.3 is 0 Å². The van der Waals surface area contributed by atoms with E-state index in [-0.39, 0.29) is 0 Å². The standard InChI is InChI=1S/C20H25BrN2/c1-2-16-4-6-17(7-5-16)20(18-8-10-19(21)11-9-18)23-14-3-12-22-13-15-23/h4-11,20,22H,2-3,12-15H2,1H3. The highest BCUT2D eigenvalue weighted by atomic mass is 79.9. The molecule has 0 aromatic heterocycles. The van der Waals surface area contributed by atoms with Crippen molar-refractivity contribution in [3.05, 3.63) is 69.7 Å². The van der Waals surface area contributed by atoms with Crippen molar-refractivity contribution in [1.29, 1.82) is 0 Å². The fraction of sp³-hybridized carbons (Fsp3) is 0.400. The zero-order valence-electron chi connectivity index (χ0n) is 13.8. The molecule has 1 aliphatic rings. The Hall–Kier alpha value is -1.16. The molecule has 1 aliphatic heterocycles. The van der Waals surface area contributed by atoms with Crippen molar-refractivity contribution < 1.29 is 0 Å². The van der Waals surface area contributed by atoms with Crippen molar-refractivity contribution in [2.45, 2.75) is 25.8 Å². The maximum Gasteiger partial charge on any atom is 0.0602 e. The highest BCUT2D eigenvalue weighted by Gasteiger charge is 2.23. The summed E-state index contributed by atoms with van der Waals surface area (Å²) in [5.41, 5.74) is 4.17. The van der Waals surface area contributed by atoms with E-state index >= 15 is 0 Å². The predicted octanol–water partition coefficient (Wildman–Crippen LogP) is 4.40. The van der Waals surface area contributed by atoms with E-state index in [4.69, 9.17) is 0 Å². The van der Waals surface area contributed by atoms with E-state index in [0.717, 1.165) is 37.1 Å². The molecule has 0 spiro atoms. The molecule has 1 unspecified atom stereocenters. The number of hydrogen-bond acceptors (Lipinski definition) is 2. The fourth-order valence-corrected chi connectivity index (χ4v) is 3.58. The van der Waals surface area contributed by atoms with Crippen molar-refractivity contribution >= 4 is 15.9 Å². The molecule has 0 bridgehead atoms. The van der Waals surface area contributed by atoms with Gasteiger partial charge in [0.2, 0.25) is 0 Å². The van der Waals surface area contributed by atoms with Crippen LogP contribution in [-0.2, 0) is 6.42 Å². The lowest BCUT2D eigenvalue weighted by atomic mass is 9.95. The van der Waals surface area contributed by atoms with E-state index < -0.39 is 0 Å². The van der Waals surface area contributed by atoms with Crippen LogP contribution in [-0.4, -0.2) is 31.1 Å². The summed E-state index contributed by atoms with van der Waals surface area (Å²) in [5, 5.41) is 3.51. The SMILES string of the molecule is CCc1ccc(C(c2ccc(Br)cc2)N2CCCNCC2)cc1. The van der Waals surface area contributed by atoms with Crippen LogP contribution < -0.4 is 5.32 Å². The molecule has 0 aliphatic carbocycles. The molecule has 1 saturated heterocycles. The van der Waals surface area contributed by atoms with E-state index in [9.17, 15) is 0 Å². The minimum absolute atomic E-state index is 0.342. The van der Waals surface area contributed by atoms with E-state index in [2.05, 4.69) is 81.6 Å². The molecule has 1 N–H and O–H groups in total. The molecule has 2 nitrogen and oxygen atoms in total. The summed E-state index contributed by atoms with van der Waals surface area (Å²) >= 11 is 3.55. The summed E-state index contributed by atoms with van der Waals surface area (Å²) < 4.78 is 1.14.